The van der Waals surface area contributed by atoms with Gasteiger partial charge >= 0.3 is 11.9 Å². The van der Waals surface area contributed by atoms with Crippen LogP contribution in [0, 0.1) is 0 Å². The molecule has 0 fully saturated rings. The second kappa shape index (κ2) is 17.6. The van der Waals surface area contributed by atoms with Crippen molar-refractivity contribution in [1.29, 1.82) is 0 Å². The van der Waals surface area contributed by atoms with Crippen molar-refractivity contribution < 1.29 is 23.8 Å². The first-order valence-electron chi connectivity index (χ1n) is 13.3. The van der Waals surface area contributed by atoms with Crippen LogP contribution in [0.4, 0.5) is 0 Å². The van der Waals surface area contributed by atoms with E-state index >= 15 is 0 Å². The zero-order valence-electron chi connectivity index (χ0n) is 21.6. The predicted octanol–water partition coefficient (Wildman–Crippen LogP) is 7.24. The Kier molecular flexibility index (Phi) is 14.3. The monoisotopic (exact) mass is 482 g/mol. The first-order valence-corrected chi connectivity index (χ1v) is 13.3. The maximum absolute atomic E-state index is 12.1. The van der Waals surface area contributed by atoms with E-state index in [9.17, 15) is 9.59 Å². The summed E-state index contributed by atoms with van der Waals surface area (Å²) in [6.07, 6.45) is 10.8. The summed E-state index contributed by atoms with van der Waals surface area (Å²) in [5, 5.41) is 0. The molecule has 0 N–H and O–H groups in total. The largest absolute Gasteiger partial charge is 0.494 e. The minimum Gasteiger partial charge on any atom is -0.494 e. The predicted molar refractivity (Wildman–Crippen MR) is 140 cm³/mol. The van der Waals surface area contributed by atoms with Gasteiger partial charge in [-0.05, 0) is 61.1 Å². The summed E-state index contributed by atoms with van der Waals surface area (Å²) in [6.45, 7) is 5.84. The fraction of sp³-hybridized carbons (Fsp3) is 0.533. The molecule has 0 bridgehead atoms. The molecule has 5 nitrogen and oxygen atoms in total. The number of benzene rings is 2. The van der Waals surface area contributed by atoms with E-state index in [1.807, 2.05) is 48.5 Å². The van der Waals surface area contributed by atoms with E-state index in [4.69, 9.17) is 14.2 Å². The van der Waals surface area contributed by atoms with Gasteiger partial charge in [0.15, 0.2) is 0 Å². The smallest absolute Gasteiger partial charge is 0.313 e. The molecule has 2 aromatic rings. The second-order valence-corrected chi connectivity index (χ2v) is 8.95. The molecule has 0 radical (unpaired) electrons. The number of hydrogen-bond donors (Lipinski definition) is 0. The number of esters is 2. The molecular formula is C30H42O5. The fourth-order valence-corrected chi connectivity index (χ4v) is 3.66. The van der Waals surface area contributed by atoms with Crippen molar-refractivity contribution in [3.05, 3.63) is 59.7 Å². The normalized spacial score (nSPS) is 10.7. The Balaban J connectivity index is 1.60. The Bertz CT molecular complexity index is 771. The molecule has 0 amide bonds. The minimum atomic E-state index is -0.488. The van der Waals surface area contributed by atoms with Crippen LogP contribution in [-0.2, 0) is 27.2 Å². The van der Waals surface area contributed by atoms with Gasteiger partial charge in [0.1, 0.15) is 11.5 Å². The van der Waals surface area contributed by atoms with Gasteiger partial charge in [-0.1, -0.05) is 76.6 Å². The van der Waals surface area contributed by atoms with Crippen molar-refractivity contribution in [3.63, 3.8) is 0 Å². The number of rotatable bonds is 18. The van der Waals surface area contributed by atoms with Gasteiger partial charge in [-0.3, -0.25) is 9.59 Å². The Morgan fingerprint density at radius 1 is 0.571 bits per heavy atom. The van der Waals surface area contributed by atoms with Gasteiger partial charge in [0.2, 0.25) is 0 Å². The summed E-state index contributed by atoms with van der Waals surface area (Å²) in [4.78, 5) is 24.1. The molecule has 0 saturated carbocycles. The maximum Gasteiger partial charge on any atom is 0.313 e. The lowest BCUT2D eigenvalue weighted by atomic mass is 10.1. The summed E-state index contributed by atoms with van der Waals surface area (Å²) in [5.41, 5.74) is 2.03. The van der Waals surface area contributed by atoms with Crippen molar-refractivity contribution in [3.8, 4) is 11.5 Å². The van der Waals surface area contributed by atoms with Crippen LogP contribution in [0.15, 0.2) is 48.5 Å². The van der Waals surface area contributed by atoms with Crippen LogP contribution in [0.1, 0.15) is 89.2 Å². The molecule has 0 saturated heterocycles. The summed E-state index contributed by atoms with van der Waals surface area (Å²) >= 11 is 0. The van der Waals surface area contributed by atoms with Gasteiger partial charge in [0.05, 0.1) is 26.1 Å². The quantitative estimate of drug-likeness (QED) is 0.127. The van der Waals surface area contributed by atoms with E-state index in [1.165, 1.54) is 38.5 Å². The molecule has 0 atom stereocenters. The molecule has 5 heteroatoms. The lowest BCUT2D eigenvalue weighted by Gasteiger charge is -2.08. The topological polar surface area (TPSA) is 61.8 Å². The highest BCUT2D eigenvalue weighted by Gasteiger charge is 2.11. The zero-order valence-corrected chi connectivity index (χ0v) is 21.6. The van der Waals surface area contributed by atoms with Gasteiger partial charge in [-0.15, -0.1) is 0 Å². The molecule has 0 heterocycles. The Morgan fingerprint density at radius 3 is 1.34 bits per heavy atom. The average molecular weight is 483 g/mol. The molecule has 0 aliphatic rings. The Morgan fingerprint density at radius 2 is 0.971 bits per heavy atom. The van der Waals surface area contributed by atoms with Gasteiger partial charge in [0.25, 0.3) is 0 Å². The van der Waals surface area contributed by atoms with Crippen molar-refractivity contribution in [1.82, 2.24) is 0 Å². The van der Waals surface area contributed by atoms with Gasteiger partial charge < -0.3 is 14.2 Å². The highest BCUT2D eigenvalue weighted by atomic mass is 16.6. The van der Waals surface area contributed by atoms with Gasteiger partial charge in [-0.25, -0.2) is 0 Å². The Labute approximate surface area is 211 Å². The molecule has 192 valence electrons. The first-order chi connectivity index (χ1) is 17.1. The number of ether oxygens (including phenoxy) is 3. The third-order valence-electron chi connectivity index (χ3n) is 5.84. The highest BCUT2D eigenvalue weighted by molar-refractivity contribution is 5.85. The molecule has 0 aromatic heterocycles. The summed E-state index contributed by atoms with van der Waals surface area (Å²) in [5.74, 6) is 0.709. The van der Waals surface area contributed by atoms with Crippen LogP contribution in [0.3, 0.4) is 0 Å². The number of aryl methyl sites for hydroxylation is 2. The molecule has 0 spiro atoms. The lowest BCUT2D eigenvalue weighted by Crippen LogP contribution is -2.13. The first kappa shape index (κ1) is 28.4. The van der Waals surface area contributed by atoms with E-state index in [-0.39, 0.29) is 12.8 Å². The van der Waals surface area contributed by atoms with E-state index in [2.05, 4.69) is 13.8 Å². The molecular weight excluding hydrogens is 440 g/mol. The summed E-state index contributed by atoms with van der Waals surface area (Å²) < 4.78 is 16.5. The minimum absolute atomic E-state index is 0.174. The SMILES string of the molecule is CCCCCCOc1ccc(CCC(=O)OC(=O)CCc2ccc(OCCCCCC)cc2)cc1. The summed E-state index contributed by atoms with van der Waals surface area (Å²) in [6, 6.07) is 15.5. The van der Waals surface area contributed by atoms with E-state index in [0.717, 1.165) is 48.7 Å². The van der Waals surface area contributed by atoms with E-state index in [1.54, 1.807) is 0 Å². The molecule has 2 rings (SSSR count). The third-order valence-corrected chi connectivity index (χ3v) is 5.84. The second-order valence-electron chi connectivity index (χ2n) is 8.95. The van der Waals surface area contributed by atoms with Crippen LogP contribution < -0.4 is 9.47 Å². The zero-order chi connectivity index (χ0) is 25.1. The van der Waals surface area contributed by atoms with Gasteiger partial charge in [0, 0.05) is 0 Å². The van der Waals surface area contributed by atoms with Crippen LogP contribution >= 0.6 is 0 Å². The average Bonchev–Trinajstić information content (AvgIpc) is 2.87. The molecule has 2 aromatic carbocycles. The fourth-order valence-electron chi connectivity index (χ4n) is 3.66. The van der Waals surface area contributed by atoms with Crippen molar-refractivity contribution in [2.24, 2.45) is 0 Å². The number of unbranched alkanes of at least 4 members (excludes halogenated alkanes) is 6. The lowest BCUT2D eigenvalue weighted by molar-refractivity contribution is -0.159. The van der Waals surface area contributed by atoms with Gasteiger partial charge in [-0.2, -0.15) is 0 Å². The van der Waals surface area contributed by atoms with E-state index in [0.29, 0.717) is 12.8 Å². The standard InChI is InChI=1S/C30H42O5/c1-3-5-7-9-23-33-27-17-11-25(12-18-27)15-21-29(31)35-30(32)22-16-26-13-19-28(20-14-26)34-24-10-8-6-4-2/h11-14,17-20H,3-10,15-16,21-24H2,1-2H3. The van der Waals surface area contributed by atoms with Crippen LogP contribution in [0.5, 0.6) is 11.5 Å². The number of carbonyl (C=O) groups is 2. The van der Waals surface area contributed by atoms with Crippen LogP contribution in [0.25, 0.3) is 0 Å². The summed E-state index contributed by atoms with van der Waals surface area (Å²) in [7, 11) is 0. The van der Waals surface area contributed by atoms with Crippen molar-refractivity contribution >= 4 is 11.9 Å². The molecule has 35 heavy (non-hydrogen) atoms. The van der Waals surface area contributed by atoms with Crippen molar-refractivity contribution in [2.45, 2.75) is 90.9 Å². The van der Waals surface area contributed by atoms with E-state index < -0.39 is 11.9 Å². The molecule has 0 unspecified atom stereocenters. The Hall–Kier alpha value is -2.82. The van der Waals surface area contributed by atoms with Crippen molar-refractivity contribution in [2.75, 3.05) is 13.2 Å². The maximum atomic E-state index is 12.1. The highest BCUT2D eigenvalue weighted by Crippen LogP contribution is 2.16. The van der Waals surface area contributed by atoms with Crippen LogP contribution in [-0.4, -0.2) is 25.2 Å². The third kappa shape index (κ3) is 13.0. The molecule has 0 aliphatic carbocycles. The van der Waals surface area contributed by atoms with Crippen LogP contribution in [0.2, 0.25) is 0 Å². The number of carbonyl (C=O) groups excluding carboxylic acids is 2. The molecule has 0 aliphatic heterocycles. The number of hydrogen-bond acceptors (Lipinski definition) is 5.